The van der Waals surface area contributed by atoms with Crippen molar-refractivity contribution in [3.63, 3.8) is 0 Å². The highest BCUT2D eigenvalue weighted by molar-refractivity contribution is 5.62. The first-order valence-electron chi connectivity index (χ1n) is 4.03. The van der Waals surface area contributed by atoms with Gasteiger partial charge in [-0.05, 0) is 11.6 Å². The molecule has 0 radical (unpaired) electrons. The highest BCUT2D eigenvalue weighted by Gasteiger charge is 2.02. The Morgan fingerprint density at radius 2 is 1.77 bits per heavy atom. The molecule has 2 rings (SSSR count). The normalized spacial score (nSPS) is 9.92. The molecule has 0 fully saturated rings. The van der Waals surface area contributed by atoms with Crippen LogP contribution in [-0.4, -0.2) is 4.98 Å². The summed E-state index contributed by atoms with van der Waals surface area (Å²) in [6, 6.07) is 10.7. The minimum Gasteiger partial charge on any atom is -0.264 e. The van der Waals surface area contributed by atoms with Crippen molar-refractivity contribution in [1.82, 2.24) is 4.98 Å². The van der Waals surface area contributed by atoms with Gasteiger partial charge in [-0.2, -0.15) is 0 Å². The Morgan fingerprint density at radius 3 is 2.46 bits per heavy atom. The van der Waals surface area contributed by atoms with Crippen molar-refractivity contribution in [3.05, 3.63) is 54.6 Å². The molecule has 0 aliphatic heterocycles. The second kappa shape index (κ2) is 3.35. The van der Waals surface area contributed by atoms with Gasteiger partial charge in [-0.15, -0.1) is 0 Å². The van der Waals surface area contributed by atoms with E-state index in [1.807, 2.05) is 30.3 Å². The molecule has 0 bridgehead atoms. The van der Waals surface area contributed by atoms with Gasteiger partial charge >= 0.3 is 0 Å². The molecule has 0 atom stereocenters. The van der Waals surface area contributed by atoms with Crippen molar-refractivity contribution in [2.75, 3.05) is 0 Å². The number of hydrogen-bond acceptors (Lipinski definition) is 1. The minimum absolute atomic E-state index is 0.235. The maximum absolute atomic E-state index is 13.2. The molecule has 1 aromatic heterocycles. The zero-order chi connectivity index (χ0) is 9.10. The lowest BCUT2D eigenvalue weighted by Gasteiger charge is -2.00. The molecule has 1 heterocycles. The predicted octanol–water partition coefficient (Wildman–Crippen LogP) is 2.89. The zero-order valence-corrected chi connectivity index (χ0v) is 6.94. The van der Waals surface area contributed by atoms with E-state index >= 15 is 0 Å². The molecule has 2 aromatic rings. The SMILES string of the molecule is Fc1ccncc1-c1ccccc1. The number of pyridine rings is 1. The van der Waals surface area contributed by atoms with Gasteiger partial charge in [0.15, 0.2) is 0 Å². The van der Waals surface area contributed by atoms with E-state index < -0.39 is 0 Å². The minimum atomic E-state index is -0.235. The maximum atomic E-state index is 13.2. The monoisotopic (exact) mass is 173 g/mol. The van der Waals surface area contributed by atoms with Crippen LogP contribution in [0, 0.1) is 5.82 Å². The van der Waals surface area contributed by atoms with Crippen LogP contribution in [0.5, 0.6) is 0 Å². The van der Waals surface area contributed by atoms with E-state index in [9.17, 15) is 4.39 Å². The molecule has 0 N–H and O–H groups in total. The quantitative estimate of drug-likeness (QED) is 0.646. The molecule has 13 heavy (non-hydrogen) atoms. The molecular weight excluding hydrogens is 165 g/mol. The van der Waals surface area contributed by atoms with E-state index in [-0.39, 0.29) is 5.82 Å². The summed E-state index contributed by atoms with van der Waals surface area (Å²) >= 11 is 0. The van der Waals surface area contributed by atoms with Gasteiger partial charge in [-0.1, -0.05) is 30.3 Å². The Balaban J connectivity index is 2.54. The molecule has 0 aliphatic rings. The van der Waals surface area contributed by atoms with Gasteiger partial charge in [0.1, 0.15) is 5.82 Å². The second-order valence-corrected chi connectivity index (χ2v) is 2.72. The fourth-order valence-corrected chi connectivity index (χ4v) is 1.21. The topological polar surface area (TPSA) is 12.9 Å². The van der Waals surface area contributed by atoms with Gasteiger partial charge in [-0.3, -0.25) is 4.98 Å². The lowest BCUT2D eigenvalue weighted by Crippen LogP contribution is -1.84. The van der Waals surface area contributed by atoms with Gasteiger partial charge in [0.25, 0.3) is 0 Å². The van der Waals surface area contributed by atoms with E-state index in [4.69, 9.17) is 0 Å². The van der Waals surface area contributed by atoms with Gasteiger partial charge in [0, 0.05) is 18.0 Å². The first kappa shape index (κ1) is 7.92. The van der Waals surface area contributed by atoms with Crippen LogP contribution >= 0.6 is 0 Å². The van der Waals surface area contributed by atoms with Crippen molar-refractivity contribution in [3.8, 4) is 11.1 Å². The summed E-state index contributed by atoms with van der Waals surface area (Å²) in [5.41, 5.74) is 1.40. The van der Waals surface area contributed by atoms with Crippen LogP contribution in [0.2, 0.25) is 0 Å². The van der Waals surface area contributed by atoms with E-state index in [1.54, 1.807) is 0 Å². The Hall–Kier alpha value is -1.70. The average molecular weight is 173 g/mol. The molecular formula is C11H8FN. The van der Waals surface area contributed by atoms with Crippen LogP contribution in [-0.2, 0) is 0 Å². The highest BCUT2D eigenvalue weighted by Crippen LogP contribution is 2.20. The van der Waals surface area contributed by atoms with E-state index in [0.29, 0.717) is 5.56 Å². The Labute approximate surface area is 75.9 Å². The van der Waals surface area contributed by atoms with E-state index in [1.165, 1.54) is 18.5 Å². The van der Waals surface area contributed by atoms with Crippen LogP contribution in [0.1, 0.15) is 0 Å². The average Bonchev–Trinajstić information content (AvgIpc) is 2.20. The van der Waals surface area contributed by atoms with Gasteiger partial charge in [0.05, 0.1) is 0 Å². The zero-order valence-electron chi connectivity index (χ0n) is 6.94. The number of rotatable bonds is 1. The summed E-state index contributed by atoms with van der Waals surface area (Å²) in [4.78, 5) is 3.88. The molecule has 1 nitrogen and oxygen atoms in total. The summed E-state index contributed by atoms with van der Waals surface area (Å²) in [7, 11) is 0. The Kier molecular flexibility index (Phi) is 2.04. The Morgan fingerprint density at radius 1 is 1.00 bits per heavy atom. The van der Waals surface area contributed by atoms with Gasteiger partial charge in [-0.25, -0.2) is 4.39 Å². The molecule has 0 aliphatic carbocycles. The molecule has 0 spiro atoms. The number of halogens is 1. The number of benzene rings is 1. The van der Waals surface area contributed by atoms with Crippen molar-refractivity contribution in [1.29, 1.82) is 0 Å². The third kappa shape index (κ3) is 1.56. The van der Waals surface area contributed by atoms with E-state index in [0.717, 1.165) is 5.56 Å². The van der Waals surface area contributed by atoms with Crippen LogP contribution in [0.3, 0.4) is 0 Å². The molecule has 1 aromatic carbocycles. The Bertz CT molecular complexity index is 398. The standard InChI is InChI=1S/C11H8FN/c12-11-6-7-13-8-10(11)9-4-2-1-3-5-9/h1-8H. The molecule has 0 saturated heterocycles. The largest absolute Gasteiger partial charge is 0.264 e. The second-order valence-electron chi connectivity index (χ2n) is 2.72. The maximum Gasteiger partial charge on any atom is 0.134 e. The van der Waals surface area contributed by atoms with Gasteiger partial charge in [0.2, 0.25) is 0 Å². The molecule has 64 valence electrons. The summed E-state index contributed by atoms with van der Waals surface area (Å²) < 4.78 is 13.2. The lowest BCUT2D eigenvalue weighted by atomic mass is 10.1. The fourth-order valence-electron chi connectivity index (χ4n) is 1.21. The third-order valence-corrected chi connectivity index (χ3v) is 1.85. The van der Waals surface area contributed by atoms with Crippen molar-refractivity contribution in [2.45, 2.75) is 0 Å². The van der Waals surface area contributed by atoms with Crippen LogP contribution in [0.15, 0.2) is 48.8 Å². The number of hydrogen-bond donors (Lipinski definition) is 0. The molecule has 0 saturated carbocycles. The third-order valence-electron chi connectivity index (χ3n) is 1.85. The predicted molar refractivity (Wildman–Crippen MR) is 49.6 cm³/mol. The van der Waals surface area contributed by atoms with Crippen molar-refractivity contribution >= 4 is 0 Å². The van der Waals surface area contributed by atoms with Crippen LogP contribution in [0.4, 0.5) is 4.39 Å². The van der Waals surface area contributed by atoms with E-state index in [2.05, 4.69) is 4.98 Å². The van der Waals surface area contributed by atoms with Crippen molar-refractivity contribution in [2.24, 2.45) is 0 Å². The summed E-state index contributed by atoms with van der Waals surface area (Å²) in [6.07, 6.45) is 2.98. The van der Waals surface area contributed by atoms with Gasteiger partial charge < -0.3 is 0 Å². The summed E-state index contributed by atoms with van der Waals surface area (Å²) in [5, 5.41) is 0. The lowest BCUT2D eigenvalue weighted by molar-refractivity contribution is 0.629. The first-order chi connectivity index (χ1) is 6.38. The molecule has 0 amide bonds. The summed E-state index contributed by atoms with van der Waals surface area (Å²) in [6.45, 7) is 0. The molecule has 2 heteroatoms. The summed E-state index contributed by atoms with van der Waals surface area (Å²) in [5.74, 6) is -0.235. The first-order valence-corrected chi connectivity index (χ1v) is 4.03. The smallest absolute Gasteiger partial charge is 0.134 e. The highest BCUT2D eigenvalue weighted by atomic mass is 19.1. The fraction of sp³-hybridized carbons (Fsp3) is 0. The number of aromatic nitrogens is 1. The van der Waals surface area contributed by atoms with Crippen molar-refractivity contribution < 1.29 is 4.39 Å². The number of nitrogens with zero attached hydrogens (tertiary/aromatic N) is 1. The molecule has 0 unspecified atom stereocenters. The van der Waals surface area contributed by atoms with Crippen LogP contribution < -0.4 is 0 Å². The van der Waals surface area contributed by atoms with Crippen LogP contribution in [0.25, 0.3) is 11.1 Å².